The Labute approximate surface area is 126 Å². The van der Waals surface area contributed by atoms with Crippen LogP contribution in [0.1, 0.15) is 17.6 Å². The molecule has 2 N–H and O–H groups in total. The molecule has 0 aliphatic rings. The van der Waals surface area contributed by atoms with Gasteiger partial charge in [0.2, 0.25) is 5.91 Å². The second-order valence-electron chi connectivity index (χ2n) is 4.52. The number of hydrogen-bond donors (Lipinski definition) is 2. The van der Waals surface area contributed by atoms with Crippen molar-refractivity contribution in [1.82, 2.24) is 9.88 Å². The molecular formula is C12H15N3O4S2. The summed E-state index contributed by atoms with van der Waals surface area (Å²) in [6.07, 6.45) is 0. The average Bonchev–Trinajstić information content (AvgIpc) is 2.98. The van der Waals surface area contributed by atoms with Crippen LogP contribution in [-0.2, 0) is 14.8 Å². The molecule has 114 valence electrons. The standard InChI is InChI=1S/C12H15N3O4S2/c1-7-6-10(14-19-7)13-12(16)9(3)15-21(17,18)11-5-4-8(2)20-11/h4-6,9,15H,1-3H3,(H,13,14,16)/t9-/m1/s1. The Kier molecular flexibility index (Phi) is 4.45. The van der Waals surface area contributed by atoms with E-state index >= 15 is 0 Å². The third kappa shape index (κ3) is 3.90. The van der Waals surface area contributed by atoms with Crippen LogP contribution in [0.15, 0.2) is 26.9 Å². The van der Waals surface area contributed by atoms with Gasteiger partial charge in [-0.05, 0) is 32.9 Å². The van der Waals surface area contributed by atoms with Gasteiger partial charge in [0.05, 0.1) is 6.04 Å². The van der Waals surface area contributed by atoms with E-state index < -0.39 is 22.0 Å². The first-order chi connectivity index (χ1) is 9.78. The van der Waals surface area contributed by atoms with Crippen molar-refractivity contribution in [3.8, 4) is 0 Å². The summed E-state index contributed by atoms with van der Waals surface area (Å²) in [4.78, 5) is 12.8. The minimum atomic E-state index is -3.71. The summed E-state index contributed by atoms with van der Waals surface area (Å²) in [5.74, 6) is 0.281. The number of thiophene rings is 1. The van der Waals surface area contributed by atoms with Gasteiger partial charge < -0.3 is 9.84 Å². The maximum absolute atomic E-state index is 12.1. The van der Waals surface area contributed by atoms with Crippen LogP contribution >= 0.6 is 11.3 Å². The van der Waals surface area contributed by atoms with Crippen LogP contribution in [0.5, 0.6) is 0 Å². The first kappa shape index (κ1) is 15.7. The maximum Gasteiger partial charge on any atom is 0.250 e. The van der Waals surface area contributed by atoms with E-state index in [-0.39, 0.29) is 10.0 Å². The van der Waals surface area contributed by atoms with E-state index in [0.29, 0.717) is 5.76 Å². The molecule has 0 aromatic carbocycles. The topological polar surface area (TPSA) is 101 Å². The van der Waals surface area contributed by atoms with Crippen molar-refractivity contribution in [3.63, 3.8) is 0 Å². The zero-order chi connectivity index (χ0) is 15.6. The lowest BCUT2D eigenvalue weighted by Crippen LogP contribution is -2.41. The van der Waals surface area contributed by atoms with Crippen LogP contribution in [0.4, 0.5) is 5.82 Å². The van der Waals surface area contributed by atoms with E-state index in [2.05, 4.69) is 15.2 Å². The van der Waals surface area contributed by atoms with Crippen LogP contribution in [-0.4, -0.2) is 25.5 Å². The number of anilines is 1. The highest BCUT2D eigenvalue weighted by Crippen LogP contribution is 2.20. The zero-order valence-corrected chi connectivity index (χ0v) is 13.3. The number of aryl methyl sites for hydroxylation is 2. The number of carbonyl (C=O) groups excluding carboxylic acids is 1. The first-order valence-electron chi connectivity index (χ1n) is 6.11. The Balaban J connectivity index is 2.03. The number of rotatable bonds is 5. The normalized spacial score (nSPS) is 13.1. The summed E-state index contributed by atoms with van der Waals surface area (Å²) >= 11 is 1.15. The molecule has 1 atom stereocenters. The highest BCUT2D eigenvalue weighted by molar-refractivity contribution is 7.91. The van der Waals surface area contributed by atoms with Gasteiger partial charge in [-0.15, -0.1) is 11.3 Å². The molecule has 1 amide bonds. The fraction of sp³-hybridized carbons (Fsp3) is 0.333. The summed E-state index contributed by atoms with van der Waals surface area (Å²) in [5, 5.41) is 6.09. The van der Waals surface area contributed by atoms with Crippen molar-refractivity contribution in [1.29, 1.82) is 0 Å². The van der Waals surface area contributed by atoms with Crippen LogP contribution in [0.25, 0.3) is 0 Å². The molecule has 2 heterocycles. The Hall–Kier alpha value is -1.71. The molecule has 0 aliphatic heterocycles. The summed E-state index contributed by atoms with van der Waals surface area (Å²) in [5.41, 5.74) is 0. The molecule has 2 aromatic rings. The van der Waals surface area contributed by atoms with Crippen LogP contribution in [0, 0.1) is 13.8 Å². The fourth-order valence-electron chi connectivity index (χ4n) is 1.56. The van der Waals surface area contributed by atoms with Crippen molar-refractivity contribution in [2.45, 2.75) is 31.0 Å². The monoisotopic (exact) mass is 329 g/mol. The zero-order valence-electron chi connectivity index (χ0n) is 11.7. The van der Waals surface area contributed by atoms with Gasteiger partial charge in [0.15, 0.2) is 5.82 Å². The van der Waals surface area contributed by atoms with E-state index in [1.165, 1.54) is 13.0 Å². The highest BCUT2D eigenvalue weighted by Gasteiger charge is 2.23. The van der Waals surface area contributed by atoms with Crippen molar-refractivity contribution in [2.24, 2.45) is 0 Å². The fourth-order valence-corrected chi connectivity index (χ4v) is 4.06. The lowest BCUT2D eigenvalue weighted by atomic mass is 10.3. The van der Waals surface area contributed by atoms with E-state index in [1.807, 2.05) is 6.92 Å². The molecule has 0 fully saturated rings. The Morgan fingerprint density at radius 2 is 2.10 bits per heavy atom. The lowest BCUT2D eigenvalue weighted by Gasteiger charge is -2.12. The number of carbonyl (C=O) groups is 1. The van der Waals surface area contributed by atoms with Gasteiger partial charge in [-0.2, -0.15) is 4.72 Å². The molecule has 0 spiro atoms. The molecular weight excluding hydrogens is 314 g/mol. The predicted octanol–water partition coefficient (Wildman–Crippen LogP) is 1.66. The van der Waals surface area contributed by atoms with Crippen molar-refractivity contribution >= 4 is 33.1 Å². The molecule has 7 nitrogen and oxygen atoms in total. The Bertz CT molecular complexity index is 748. The van der Waals surface area contributed by atoms with Crippen LogP contribution in [0.2, 0.25) is 0 Å². The second kappa shape index (κ2) is 5.96. The van der Waals surface area contributed by atoms with E-state index in [4.69, 9.17) is 4.52 Å². The second-order valence-corrected chi connectivity index (χ2v) is 7.75. The third-order valence-corrected chi connectivity index (χ3v) is 5.62. The molecule has 0 radical (unpaired) electrons. The van der Waals surface area contributed by atoms with Crippen LogP contribution < -0.4 is 10.0 Å². The quantitative estimate of drug-likeness (QED) is 0.868. The minimum Gasteiger partial charge on any atom is -0.360 e. The Morgan fingerprint density at radius 1 is 1.38 bits per heavy atom. The minimum absolute atomic E-state index is 0.178. The summed E-state index contributed by atoms with van der Waals surface area (Å²) in [6, 6.07) is 3.83. The van der Waals surface area contributed by atoms with Gasteiger partial charge in [-0.25, -0.2) is 8.42 Å². The van der Waals surface area contributed by atoms with Gasteiger partial charge in [0.1, 0.15) is 9.97 Å². The summed E-state index contributed by atoms with van der Waals surface area (Å²) < 4.78 is 31.5. The van der Waals surface area contributed by atoms with Crippen LogP contribution in [0.3, 0.4) is 0 Å². The smallest absolute Gasteiger partial charge is 0.250 e. The van der Waals surface area contributed by atoms with Crippen molar-refractivity contribution in [3.05, 3.63) is 28.8 Å². The number of sulfonamides is 1. The number of hydrogen-bond acceptors (Lipinski definition) is 6. The van der Waals surface area contributed by atoms with Crippen molar-refractivity contribution < 1.29 is 17.7 Å². The number of amides is 1. The molecule has 0 saturated carbocycles. The third-order valence-electron chi connectivity index (χ3n) is 2.59. The predicted molar refractivity (Wildman–Crippen MR) is 78.7 cm³/mol. The molecule has 0 unspecified atom stereocenters. The first-order valence-corrected chi connectivity index (χ1v) is 8.41. The number of nitrogens with zero attached hydrogens (tertiary/aromatic N) is 1. The van der Waals surface area contributed by atoms with E-state index in [9.17, 15) is 13.2 Å². The molecule has 9 heteroatoms. The average molecular weight is 329 g/mol. The maximum atomic E-state index is 12.1. The molecule has 0 aliphatic carbocycles. The van der Waals surface area contributed by atoms with Gasteiger partial charge >= 0.3 is 0 Å². The van der Waals surface area contributed by atoms with Gasteiger partial charge in [0.25, 0.3) is 10.0 Å². The van der Waals surface area contributed by atoms with Gasteiger partial charge in [0, 0.05) is 10.9 Å². The number of aromatic nitrogens is 1. The number of nitrogens with one attached hydrogen (secondary N) is 2. The molecule has 0 saturated heterocycles. The van der Waals surface area contributed by atoms with E-state index in [0.717, 1.165) is 16.2 Å². The highest BCUT2D eigenvalue weighted by atomic mass is 32.2. The SMILES string of the molecule is Cc1cc(NC(=O)[C@@H](C)NS(=O)(=O)c2ccc(C)s2)no1. The molecule has 2 rings (SSSR count). The summed E-state index contributed by atoms with van der Waals surface area (Å²) in [6.45, 7) is 4.96. The van der Waals surface area contributed by atoms with Gasteiger partial charge in [-0.3, -0.25) is 4.79 Å². The van der Waals surface area contributed by atoms with E-state index in [1.54, 1.807) is 19.1 Å². The lowest BCUT2D eigenvalue weighted by molar-refractivity contribution is -0.117. The van der Waals surface area contributed by atoms with Crippen molar-refractivity contribution in [2.75, 3.05) is 5.32 Å². The largest absolute Gasteiger partial charge is 0.360 e. The Morgan fingerprint density at radius 3 is 2.62 bits per heavy atom. The van der Waals surface area contributed by atoms with Gasteiger partial charge in [-0.1, -0.05) is 5.16 Å². The molecule has 2 aromatic heterocycles. The molecule has 21 heavy (non-hydrogen) atoms. The summed E-state index contributed by atoms with van der Waals surface area (Å²) in [7, 11) is -3.71. The molecule has 0 bridgehead atoms.